The predicted molar refractivity (Wildman–Crippen MR) is 71.0 cm³/mol. The number of hydrogen-bond acceptors (Lipinski definition) is 3. The standard InChI is InChI=1S/C14H14FN3O2/c1-2-17-6-5-11(16-17)8-18-12-7-10(15)3-4-13(12)20-9-14(18)19/h3-7H,2,8-9H2,1H3. The summed E-state index contributed by atoms with van der Waals surface area (Å²) in [6.07, 6.45) is 1.85. The normalized spacial score (nSPS) is 14.1. The van der Waals surface area contributed by atoms with Gasteiger partial charge in [-0.3, -0.25) is 14.4 Å². The zero-order chi connectivity index (χ0) is 14.1. The van der Waals surface area contributed by atoms with Gasteiger partial charge in [0.05, 0.1) is 17.9 Å². The van der Waals surface area contributed by atoms with E-state index in [2.05, 4.69) is 5.10 Å². The maximum Gasteiger partial charge on any atom is 0.265 e. The fourth-order valence-electron chi connectivity index (χ4n) is 2.17. The first-order chi connectivity index (χ1) is 9.67. The lowest BCUT2D eigenvalue weighted by Crippen LogP contribution is -2.38. The number of carbonyl (C=O) groups excluding carboxylic acids is 1. The lowest BCUT2D eigenvalue weighted by molar-refractivity contribution is -0.121. The van der Waals surface area contributed by atoms with Crippen molar-refractivity contribution in [2.45, 2.75) is 20.0 Å². The van der Waals surface area contributed by atoms with Crippen LogP contribution in [0.2, 0.25) is 0 Å². The number of anilines is 1. The molecule has 2 heterocycles. The van der Waals surface area contributed by atoms with E-state index in [0.29, 0.717) is 18.0 Å². The molecule has 6 heteroatoms. The van der Waals surface area contributed by atoms with E-state index in [4.69, 9.17) is 4.74 Å². The van der Waals surface area contributed by atoms with Crippen LogP contribution in [0.5, 0.6) is 5.75 Å². The van der Waals surface area contributed by atoms with Crippen LogP contribution in [0, 0.1) is 5.82 Å². The summed E-state index contributed by atoms with van der Waals surface area (Å²) in [5, 5.41) is 4.34. The monoisotopic (exact) mass is 275 g/mol. The number of rotatable bonds is 3. The highest BCUT2D eigenvalue weighted by Crippen LogP contribution is 2.33. The van der Waals surface area contributed by atoms with Gasteiger partial charge in [0.15, 0.2) is 6.61 Å². The number of amides is 1. The Labute approximate surface area is 115 Å². The highest BCUT2D eigenvalue weighted by Gasteiger charge is 2.26. The Morgan fingerprint density at radius 3 is 3.00 bits per heavy atom. The van der Waals surface area contributed by atoms with E-state index in [1.807, 2.05) is 19.2 Å². The smallest absolute Gasteiger partial charge is 0.265 e. The van der Waals surface area contributed by atoms with Crippen molar-refractivity contribution in [3.63, 3.8) is 0 Å². The molecule has 1 aliphatic heterocycles. The molecule has 1 amide bonds. The van der Waals surface area contributed by atoms with Gasteiger partial charge in [-0.05, 0) is 25.1 Å². The summed E-state index contributed by atoms with van der Waals surface area (Å²) in [4.78, 5) is 13.5. The van der Waals surface area contributed by atoms with Crippen molar-refractivity contribution >= 4 is 11.6 Å². The highest BCUT2D eigenvalue weighted by molar-refractivity contribution is 5.97. The molecule has 5 nitrogen and oxygen atoms in total. The van der Waals surface area contributed by atoms with E-state index < -0.39 is 5.82 Å². The molecule has 3 rings (SSSR count). The van der Waals surface area contributed by atoms with Crippen LogP contribution in [-0.2, 0) is 17.9 Å². The zero-order valence-electron chi connectivity index (χ0n) is 11.0. The van der Waals surface area contributed by atoms with Crippen molar-refractivity contribution in [2.75, 3.05) is 11.5 Å². The van der Waals surface area contributed by atoms with E-state index in [1.54, 1.807) is 4.68 Å². The van der Waals surface area contributed by atoms with Crippen molar-refractivity contribution in [3.05, 3.63) is 42.0 Å². The van der Waals surface area contributed by atoms with Gasteiger partial charge in [0.2, 0.25) is 0 Å². The van der Waals surface area contributed by atoms with Crippen molar-refractivity contribution in [1.29, 1.82) is 0 Å². The topological polar surface area (TPSA) is 47.4 Å². The number of aromatic nitrogens is 2. The lowest BCUT2D eigenvalue weighted by atomic mass is 10.2. The van der Waals surface area contributed by atoms with Crippen LogP contribution in [0.1, 0.15) is 12.6 Å². The van der Waals surface area contributed by atoms with Gasteiger partial charge < -0.3 is 4.74 Å². The first kappa shape index (κ1) is 12.7. The van der Waals surface area contributed by atoms with Gasteiger partial charge in [0, 0.05) is 18.8 Å². The summed E-state index contributed by atoms with van der Waals surface area (Å²) in [6.45, 7) is 3.03. The molecule has 0 saturated carbocycles. The summed E-state index contributed by atoms with van der Waals surface area (Å²) in [7, 11) is 0. The van der Waals surface area contributed by atoms with E-state index in [1.165, 1.54) is 23.1 Å². The van der Waals surface area contributed by atoms with Gasteiger partial charge in [-0.1, -0.05) is 0 Å². The maximum atomic E-state index is 13.4. The first-order valence-electron chi connectivity index (χ1n) is 6.42. The lowest BCUT2D eigenvalue weighted by Gasteiger charge is -2.28. The Balaban J connectivity index is 1.92. The Morgan fingerprint density at radius 1 is 1.40 bits per heavy atom. The average molecular weight is 275 g/mol. The minimum absolute atomic E-state index is 0.0346. The number of ether oxygens (including phenoxy) is 1. The number of halogens is 1. The molecule has 104 valence electrons. The van der Waals surface area contributed by atoms with Crippen LogP contribution in [0.15, 0.2) is 30.5 Å². The Bertz CT molecular complexity index is 654. The third-order valence-corrected chi connectivity index (χ3v) is 3.20. The molecule has 0 N–H and O–H groups in total. The van der Waals surface area contributed by atoms with Crippen LogP contribution in [0.4, 0.5) is 10.1 Å². The van der Waals surface area contributed by atoms with E-state index in [0.717, 1.165) is 12.2 Å². The highest BCUT2D eigenvalue weighted by atomic mass is 19.1. The van der Waals surface area contributed by atoms with E-state index in [-0.39, 0.29) is 12.5 Å². The van der Waals surface area contributed by atoms with Crippen LogP contribution < -0.4 is 9.64 Å². The van der Waals surface area contributed by atoms with Crippen molar-refractivity contribution in [3.8, 4) is 5.75 Å². The Kier molecular flexibility index (Phi) is 3.14. The molecule has 0 aliphatic carbocycles. The summed E-state index contributed by atoms with van der Waals surface area (Å²) >= 11 is 0. The summed E-state index contributed by atoms with van der Waals surface area (Å²) in [5.41, 5.74) is 1.21. The molecule has 2 aromatic rings. The SMILES string of the molecule is CCn1ccc(CN2C(=O)COc3ccc(F)cc32)n1. The molecule has 1 aliphatic rings. The third-order valence-electron chi connectivity index (χ3n) is 3.20. The Hall–Kier alpha value is -2.37. The fourth-order valence-corrected chi connectivity index (χ4v) is 2.17. The molecule has 0 bridgehead atoms. The van der Waals surface area contributed by atoms with Gasteiger partial charge in [0.25, 0.3) is 5.91 Å². The van der Waals surface area contributed by atoms with Crippen LogP contribution >= 0.6 is 0 Å². The second kappa shape index (κ2) is 4.96. The third kappa shape index (κ3) is 2.24. The largest absolute Gasteiger partial charge is 0.482 e. The zero-order valence-corrected chi connectivity index (χ0v) is 11.0. The summed E-state index contributed by atoms with van der Waals surface area (Å²) in [5.74, 6) is -0.0822. The number of carbonyl (C=O) groups is 1. The molecule has 0 fully saturated rings. The minimum atomic E-state index is -0.397. The molecular formula is C14H14FN3O2. The first-order valence-corrected chi connectivity index (χ1v) is 6.42. The predicted octanol–water partition coefficient (Wildman–Crippen LogP) is 1.97. The fraction of sp³-hybridized carbons (Fsp3) is 0.286. The van der Waals surface area contributed by atoms with Crippen LogP contribution in [-0.4, -0.2) is 22.3 Å². The van der Waals surface area contributed by atoms with E-state index in [9.17, 15) is 9.18 Å². The number of fused-ring (bicyclic) bond motifs is 1. The van der Waals surface area contributed by atoms with Crippen LogP contribution in [0.3, 0.4) is 0 Å². The van der Waals surface area contributed by atoms with Crippen molar-refractivity contribution in [2.24, 2.45) is 0 Å². The molecule has 0 atom stereocenters. The van der Waals surface area contributed by atoms with Gasteiger partial charge in [-0.2, -0.15) is 5.10 Å². The number of benzene rings is 1. The molecule has 20 heavy (non-hydrogen) atoms. The maximum absolute atomic E-state index is 13.4. The molecule has 1 aromatic heterocycles. The molecule has 0 saturated heterocycles. The summed E-state index contributed by atoms with van der Waals surface area (Å²) < 4.78 is 20.5. The van der Waals surface area contributed by atoms with Crippen molar-refractivity contribution < 1.29 is 13.9 Å². The number of aryl methyl sites for hydroxylation is 1. The minimum Gasteiger partial charge on any atom is -0.482 e. The molecular weight excluding hydrogens is 261 g/mol. The molecule has 0 unspecified atom stereocenters. The van der Waals surface area contributed by atoms with Gasteiger partial charge in [-0.25, -0.2) is 4.39 Å². The summed E-state index contributed by atoms with van der Waals surface area (Å²) in [6, 6.07) is 6.02. The van der Waals surface area contributed by atoms with Crippen molar-refractivity contribution in [1.82, 2.24) is 9.78 Å². The molecule has 0 radical (unpaired) electrons. The number of hydrogen-bond donors (Lipinski definition) is 0. The average Bonchev–Trinajstić information content (AvgIpc) is 2.90. The quantitative estimate of drug-likeness (QED) is 0.860. The van der Waals surface area contributed by atoms with Gasteiger partial charge in [-0.15, -0.1) is 0 Å². The van der Waals surface area contributed by atoms with Gasteiger partial charge in [0.1, 0.15) is 11.6 Å². The second-order valence-electron chi connectivity index (χ2n) is 4.54. The molecule has 1 aromatic carbocycles. The Morgan fingerprint density at radius 2 is 2.25 bits per heavy atom. The van der Waals surface area contributed by atoms with E-state index >= 15 is 0 Å². The second-order valence-corrected chi connectivity index (χ2v) is 4.54. The molecule has 0 spiro atoms. The number of nitrogens with zero attached hydrogens (tertiary/aromatic N) is 3. The van der Waals surface area contributed by atoms with Gasteiger partial charge >= 0.3 is 0 Å². The van der Waals surface area contributed by atoms with Crippen LogP contribution in [0.25, 0.3) is 0 Å².